The van der Waals surface area contributed by atoms with E-state index in [2.05, 4.69) is 10.6 Å². The standard InChI is InChI=1S/C36H43N3O5/c40-33(28-17-14-22-31(26-28)44-30-20-10-5-11-21-30)38-32(25-27-15-6-4-7-16-27)35(42)39(23-12-13-24-39)36(43)34(41)37-29-18-8-2-1-3-9-19-29/h4-7,10-11,14-17,20-22,26,29,32,36,43H,1-3,8-9,12-13,18-19,23-25H2,(H-,37,38,40,41)/p+1. The number of para-hydroxylation sites is 1. The highest BCUT2D eigenvalue weighted by Crippen LogP contribution is 2.27. The summed E-state index contributed by atoms with van der Waals surface area (Å²) in [6.07, 6.45) is 7.50. The summed E-state index contributed by atoms with van der Waals surface area (Å²) in [5, 5.41) is 17.6. The lowest BCUT2D eigenvalue weighted by molar-refractivity contribution is -0.881. The van der Waals surface area contributed by atoms with E-state index in [0.717, 1.165) is 44.1 Å². The quantitative estimate of drug-likeness (QED) is 0.267. The Labute approximate surface area is 260 Å². The van der Waals surface area contributed by atoms with E-state index < -0.39 is 24.1 Å². The predicted molar refractivity (Wildman–Crippen MR) is 169 cm³/mol. The molecule has 232 valence electrons. The second-order valence-corrected chi connectivity index (χ2v) is 12.1. The van der Waals surface area contributed by atoms with Gasteiger partial charge in [-0.1, -0.05) is 86.7 Å². The van der Waals surface area contributed by atoms with Crippen molar-refractivity contribution >= 4 is 17.7 Å². The van der Waals surface area contributed by atoms with Crippen molar-refractivity contribution in [2.45, 2.75) is 82.5 Å². The van der Waals surface area contributed by atoms with Crippen LogP contribution in [-0.4, -0.2) is 58.7 Å². The average molecular weight is 599 g/mol. The van der Waals surface area contributed by atoms with Gasteiger partial charge in [0.05, 0.1) is 13.1 Å². The zero-order valence-electron chi connectivity index (χ0n) is 25.3. The van der Waals surface area contributed by atoms with Gasteiger partial charge in [0.2, 0.25) is 0 Å². The Morgan fingerprint density at radius 2 is 1.39 bits per heavy atom. The van der Waals surface area contributed by atoms with Crippen LogP contribution in [0.3, 0.4) is 0 Å². The first-order chi connectivity index (χ1) is 21.4. The number of carbonyl (C=O) groups is 3. The van der Waals surface area contributed by atoms with E-state index in [1.165, 1.54) is 6.42 Å². The van der Waals surface area contributed by atoms with E-state index in [0.29, 0.717) is 43.0 Å². The zero-order chi connectivity index (χ0) is 30.8. The van der Waals surface area contributed by atoms with E-state index in [1.807, 2.05) is 60.7 Å². The average Bonchev–Trinajstić information content (AvgIpc) is 3.53. The van der Waals surface area contributed by atoms with Crippen LogP contribution in [0, 0.1) is 0 Å². The second kappa shape index (κ2) is 15.1. The van der Waals surface area contributed by atoms with Gasteiger partial charge in [0, 0.05) is 30.9 Å². The van der Waals surface area contributed by atoms with Crippen molar-refractivity contribution in [2.24, 2.45) is 0 Å². The highest BCUT2D eigenvalue weighted by atomic mass is 16.5. The third-order valence-electron chi connectivity index (χ3n) is 8.92. The number of ether oxygens (including phenoxy) is 1. The summed E-state index contributed by atoms with van der Waals surface area (Å²) in [5.41, 5.74) is 1.22. The van der Waals surface area contributed by atoms with E-state index in [-0.39, 0.29) is 22.9 Å². The van der Waals surface area contributed by atoms with Gasteiger partial charge >= 0.3 is 11.8 Å². The third kappa shape index (κ3) is 7.92. The third-order valence-corrected chi connectivity index (χ3v) is 8.92. The number of likely N-dealkylation sites (tertiary alicyclic amines) is 1. The molecule has 3 amide bonds. The fourth-order valence-corrected chi connectivity index (χ4v) is 6.51. The Balaban J connectivity index is 1.36. The SMILES string of the molecule is O=C(NC(Cc1ccccc1)C(=O)[N+]1(C(O)C(=O)NC2CCCCCCC2)CCCC1)c1cccc(Oc2ccccc2)c1. The molecule has 2 atom stereocenters. The van der Waals surface area contributed by atoms with Gasteiger partial charge in [-0.05, 0) is 48.7 Å². The molecule has 0 radical (unpaired) electrons. The molecule has 8 heteroatoms. The van der Waals surface area contributed by atoms with Gasteiger partial charge in [-0.2, -0.15) is 0 Å². The number of carbonyl (C=O) groups excluding carboxylic acids is 3. The predicted octanol–water partition coefficient (Wildman–Crippen LogP) is 5.50. The summed E-state index contributed by atoms with van der Waals surface area (Å²) in [6, 6.07) is 24.7. The monoisotopic (exact) mass is 598 g/mol. The fraction of sp³-hybridized carbons (Fsp3) is 0.417. The number of quaternary nitrogens is 1. The normalized spacial score (nSPS) is 18.3. The van der Waals surface area contributed by atoms with Crippen molar-refractivity contribution in [1.29, 1.82) is 0 Å². The number of amides is 3. The molecule has 1 aliphatic heterocycles. The molecule has 1 saturated heterocycles. The molecular formula is C36H44N3O5+. The molecule has 1 aliphatic carbocycles. The van der Waals surface area contributed by atoms with Gasteiger partial charge in [-0.15, -0.1) is 0 Å². The number of nitrogens with one attached hydrogen (secondary N) is 2. The largest absolute Gasteiger partial charge is 0.457 e. The Bertz CT molecular complexity index is 1380. The van der Waals surface area contributed by atoms with E-state index in [4.69, 9.17) is 4.74 Å². The Hall–Kier alpha value is -4.01. The molecule has 3 aromatic rings. The van der Waals surface area contributed by atoms with E-state index in [1.54, 1.807) is 24.3 Å². The van der Waals surface area contributed by atoms with Crippen LogP contribution >= 0.6 is 0 Å². The van der Waals surface area contributed by atoms with E-state index in [9.17, 15) is 19.5 Å². The molecular weight excluding hydrogens is 554 g/mol. The first-order valence-corrected chi connectivity index (χ1v) is 16.0. The Morgan fingerprint density at radius 3 is 2.07 bits per heavy atom. The van der Waals surface area contributed by atoms with Crippen LogP contribution in [0.1, 0.15) is 73.7 Å². The van der Waals surface area contributed by atoms with Gasteiger partial charge in [-0.3, -0.25) is 9.59 Å². The molecule has 1 heterocycles. The summed E-state index contributed by atoms with van der Waals surface area (Å²) < 4.78 is 5.54. The van der Waals surface area contributed by atoms with Crippen LogP contribution < -0.4 is 15.4 Å². The number of rotatable bonds is 10. The molecule has 44 heavy (non-hydrogen) atoms. The van der Waals surface area contributed by atoms with Crippen molar-refractivity contribution in [3.05, 3.63) is 96.1 Å². The molecule has 3 aromatic carbocycles. The molecule has 2 unspecified atom stereocenters. The molecule has 5 rings (SSSR count). The number of hydrogen-bond donors (Lipinski definition) is 3. The minimum absolute atomic E-state index is 0.000375. The van der Waals surface area contributed by atoms with Crippen LogP contribution in [0.4, 0.5) is 0 Å². The van der Waals surface area contributed by atoms with Crippen LogP contribution in [0.25, 0.3) is 0 Å². The van der Waals surface area contributed by atoms with Gasteiger partial charge in [0.1, 0.15) is 17.5 Å². The fourth-order valence-electron chi connectivity index (χ4n) is 6.51. The van der Waals surface area contributed by atoms with Crippen molar-refractivity contribution in [2.75, 3.05) is 13.1 Å². The Kier molecular flexibility index (Phi) is 10.8. The molecule has 2 aliphatic rings. The number of hydrogen-bond acceptors (Lipinski definition) is 5. The van der Waals surface area contributed by atoms with Gasteiger partial charge in [0.25, 0.3) is 12.1 Å². The summed E-state index contributed by atoms with van der Waals surface area (Å²) in [5.74, 6) is -0.129. The zero-order valence-corrected chi connectivity index (χ0v) is 25.3. The number of aliphatic hydroxyl groups excluding tert-OH is 1. The molecule has 0 spiro atoms. The maximum absolute atomic E-state index is 14.5. The molecule has 3 N–H and O–H groups in total. The molecule has 2 fully saturated rings. The van der Waals surface area contributed by atoms with Crippen LogP contribution in [0.5, 0.6) is 11.5 Å². The lowest BCUT2D eigenvalue weighted by atomic mass is 9.96. The summed E-state index contributed by atoms with van der Waals surface area (Å²) >= 11 is 0. The minimum atomic E-state index is -1.53. The summed E-state index contributed by atoms with van der Waals surface area (Å²) in [4.78, 5) is 41.6. The Morgan fingerprint density at radius 1 is 0.773 bits per heavy atom. The number of nitrogens with zero attached hydrogens (tertiary/aromatic N) is 1. The number of benzene rings is 3. The van der Waals surface area contributed by atoms with Crippen LogP contribution in [0.15, 0.2) is 84.9 Å². The number of aliphatic hydroxyl groups is 1. The molecule has 1 saturated carbocycles. The maximum atomic E-state index is 14.5. The molecule has 0 bridgehead atoms. The highest BCUT2D eigenvalue weighted by molar-refractivity contribution is 5.97. The lowest BCUT2D eigenvalue weighted by Crippen LogP contribution is -2.67. The van der Waals surface area contributed by atoms with Gasteiger partial charge < -0.3 is 20.5 Å². The van der Waals surface area contributed by atoms with Crippen molar-refractivity contribution in [1.82, 2.24) is 10.6 Å². The van der Waals surface area contributed by atoms with Gasteiger partial charge in [0.15, 0.2) is 0 Å². The van der Waals surface area contributed by atoms with E-state index >= 15 is 0 Å². The minimum Gasteiger partial charge on any atom is -0.457 e. The van der Waals surface area contributed by atoms with Gasteiger partial charge in [-0.25, -0.2) is 9.28 Å². The lowest BCUT2D eigenvalue weighted by Gasteiger charge is -2.38. The molecule has 8 nitrogen and oxygen atoms in total. The first-order valence-electron chi connectivity index (χ1n) is 16.0. The summed E-state index contributed by atoms with van der Waals surface area (Å²) in [7, 11) is 0. The van der Waals surface area contributed by atoms with Crippen molar-refractivity contribution < 1.29 is 28.7 Å². The van der Waals surface area contributed by atoms with Crippen LogP contribution in [0.2, 0.25) is 0 Å². The van der Waals surface area contributed by atoms with Crippen LogP contribution in [-0.2, 0) is 16.0 Å². The van der Waals surface area contributed by atoms with Crippen molar-refractivity contribution in [3.8, 4) is 11.5 Å². The highest BCUT2D eigenvalue weighted by Gasteiger charge is 2.52. The second-order valence-electron chi connectivity index (χ2n) is 12.1. The molecule has 0 aromatic heterocycles. The first kappa shape index (κ1) is 31.4. The summed E-state index contributed by atoms with van der Waals surface area (Å²) in [6.45, 7) is 0.694. The van der Waals surface area contributed by atoms with Crippen molar-refractivity contribution in [3.63, 3.8) is 0 Å². The smallest absolute Gasteiger partial charge is 0.339 e. The topological polar surface area (TPSA) is 105 Å². The maximum Gasteiger partial charge on any atom is 0.339 e.